The number of rotatable bonds is 7. The Balaban J connectivity index is 1.34. The Morgan fingerprint density at radius 3 is 2.44 bits per heavy atom. The number of pyridine rings is 1. The predicted molar refractivity (Wildman–Crippen MR) is 157 cm³/mol. The first kappa shape index (κ1) is 25.8. The summed E-state index contributed by atoms with van der Waals surface area (Å²) in [4.78, 5) is 17.2. The van der Waals surface area contributed by atoms with E-state index < -0.39 is 0 Å². The number of nitrogen functional groups attached to an aromatic ring is 1. The number of para-hydroxylation sites is 1. The highest BCUT2D eigenvalue weighted by atomic mass is 32.2. The number of benzene rings is 3. The SMILES string of the molecule is CCn1c2ccccc2c2cc(NC(=O)CCSc3nc(N)c(C#N)c(-c4ccc(C)cc4)c3C#N)ccc21. The normalized spacial score (nSPS) is 10.9. The molecule has 7 nitrogen and oxygen atoms in total. The number of thioether (sulfide) groups is 1. The highest BCUT2D eigenvalue weighted by molar-refractivity contribution is 7.99. The lowest BCUT2D eigenvalue weighted by Crippen LogP contribution is -2.12. The van der Waals surface area contributed by atoms with E-state index in [0.29, 0.717) is 16.3 Å². The summed E-state index contributed by atoms with van der Waals surface area (Å²) in [6.45, 7) is 4.95. The number of anilines is 2. The Kier molecular flexibility index (Phi) is 7.23. The molecule has 2 aromatic heterocycles. The molecule has 1 amide bonds. The zero-order valence-electron chi connectivity index (χ0n) is 21.7. The molecule has 0 spiro atoms. The van der Waals surface area contributed by atoms with Crippen molar-refractivity contribution in [1.82, 2.24) is 9.55 Å². The van der Waals surface area contributed by atoms with E-state index in [2.05, 4.69) is 46.1 Å². The number of amides is 1. The van der Waals surface area contributed by atoms with Crippen molar-refractivity contribution >= 4 is 51.0 Å². The Morgan fingerprint density at radius 1 is 1.00 bits per heavy atom. The first-order chi connectivity index (χ1) is 18.9. The van der Waals surface area contributed by atoms with E-state index in [-0.39, 0.29) is 29.3 Å². The van der Waals surface area contributed by atoms with Crippen molar-refractivity contribution in [2.75, 3.05) is 16.8 Å². The molecule has 0 saturated heterocycles. The van der Waals surface area contributed by atoms with Crippen LogP contribution < -0.4 is 11.1 Å². The third-order valence-electron chi connectivity index (χ3n) is 6.70. The second kappa shape index (κ2) is 10.9. The summed E-state index contributed by atoms with van der Waals surface area (Å²) in [6.07, 6.45) is 0.214. The number of hydrogen-bond acceptors (Lipinski definition) is 6. The molecule has 192 valence electrons. The number of carbonyl (C=O) groups is 1. The first-order valence-corrected chi connectivity index (χ1v) is 13.6. The van der Waals surface area contributed by atoms with E-state index in [0.717, 1.165) is 39.6 Å². The third-order valence-corrected chi connectivity index (χ3v) is 7.67. The van der Waals surface area contributed by atoms with Crippen LogP contribution in [0.5, 0.6) is 0 Å². The number of carbonyl (C=O) groups excluding carboxylic acids is 1. The molecular formula is C31H26N6OS. The van der Waals surface area contributed by atoms with Gasteiger partial charge in [0.2, 0.25) is 5.91 Å². The quantitative estimate of drug-likeness (QED) is 0.228. The van der Waals surface area contributed by atoms with Gasteiger partial charge in [0.25, 0.3) is 0 Å². The molecule has 0 unspecified atom stereocenters. The summed E-state index contributed by atoms with van der Waals surface area (Å²) in [6, 6.07) is 26.1. The van der Waals surface area contributed by atoms with Gasteiger partial charge in [-0.2, -0.15) is 10.5 Å². The van der Waals surface area contributed by atoms with Gasteiger partial charge in [0, 0.05) is 51.8 Å². The standard InChI is InChI=1S/C31H26N6OS/c1-3-37-26-7-5-4-6-22(26)23-16-21(12-13-27(23)37)35-28(38)14-15-39-31-25(18-33)29(24(17-32)30(34)36-31)20-10-8-19(2)9-11-20/h4-13,16H,3,14-15H2,1-2H3,(H2,34,36)(H,35,38). The van der Waals surface area contributed by atoms with Gasteiger partial charge in [0.1, 0.15) is 28.5 Å². The fraction of sp³-hybridized carbons (Fsp3) is 0.161. The average Bonchev–Trinajstić information content (AvgIpc) is 3.26. The summed E-state index contributed by atoms with van der Waals surface area (Å²) < 4.78 is 2.26. The molecule has 0 saturated carbocycles. The fourth-order valence-electron chi connectivity index (χ4n) is 4.85. The van der Waals surface area contributed by atoms with Gasteiger partial charge in [0.05, 0.1) is 5.56 Å². The zero-order chi connectivity index (χ0) is 27.5. The molecule has 0 atom stereocenters. The second-order valence-corrected chi connectivity index (χ2v) is 10.2. The van der Waals surface area contributed by atoms with Crippen molar-refractivity contribution < 1.29 is 4.79 Å². The lowest BCUT2D eigenvalue weighted by atomic mass is 9.96. The largest absolute Gasteiger partial charge is 0.383 e. The molecule has 2 heterocycles. The number of aromatic nitrogens is 2. The summed E-state index contributed by atoms with van der Waals surface area (Å²) in [5, 5.41) is 25.3. The van der Waals surface area contributed by atoms with Gasteiger partial charge in [-0.05, 0) is 43.7 Å². The van der Waals surface area contributed by atoms with Crippen molar-refractivity contribution in [3.8, 4) is 23.3 Å². The summed E-state index contributed by atoms with van der Waals surface area (Å²) >= 11 is 1.28. The highest BCUT2D eigenvalue weighted by Crippen LogP contribution is 2.36. The topological polar surface area (TPSA) is 121 Å². The Morgan fingerprint density at radius 2 is 1.72 bits per heavy atom. The van der Waals surface area contributed by atoms with E-state index in [1.807, 2.05) is 61.5 Å². The van der Waals surface area contributed by atoms with E-state index in [1.54, 1.807) is 0 Å². The molecule has 8 heteroatoms. The van der Waals surface area contributed by atoms with E-state index in [4.69, 9.17) is 5.73 Å². The molecular weight excluding hydrogens is 504 g/mol. The number of nitrogens with two attached hydrogens (primary N) is 1. The van der Waals surface area contributed by atoms with Crippen LogP contribution in [-0.4, -0.2) is 21.2 Å². The van der Waals surface area contributed by atoms with Crippen molar-refractivity contribution in [1.29, 1.82) is 10.5 Å². The summed E-state index contributed by atoms with van der Waals surface area (Å²) in [5.41, 5.74) is 11.9. The Labute approximate surface area is 230 Å². The molecule has 0 aliphatic heterocycles. The predicted octanol–water partition coefficient (Wildman–Crippen LogP) is 6.63. The van der Waals surface area contributed by atoms with Crippen LogP contribution in [0, 0.1) is 29.6 Å². The minimum absolute atomic E-state index is 0.0681. The lowest BCUT2D eigenvalue weighted by molar-refractivity contribution is -0.115. The summed E-state index contributed by atoms with van der Waals surface area (Å²) in [5.74, 6) is 0.322. The van der Waals surface area contributed by atoms with Gasteiger partial charge < -0.3 is 15.6 Å². The van der Waals surface area contributed by atoms with Gasteiger partial charge >= 0.3 is 0 Å². The highest BCUT2D eigenvalue weighted by Gasteiger charge is 2.21. The molecule has 5 rings (SSSR count). The van der Waals surface area contributed by atoms with E-state index >= 15 is 0 Å². The number of nitrogens with zero attached hydrogens (tertiary/aromatic N) is 4. The van der Waals surface area contributed by atoms with E-state index in [9.17, 15) is 15.3 Å². The van der Waals surface area contributed by atoms with Gasteiger partial charge in [-0.3, -0.25) is 4.79 Å². The monoisotopic (exact) mass is 530 g/mol. The molecule has 3 aromatic carbocycles. The van der Waals surface area contributed by atoms with Crippen LogP contribution in [0.2, 0.25) is 0 Å². The molecule has 0 aliphatic carbocycles. The number of nitriles is 2. The van der Waals surface area contributed by atoms with Crippen LogP contribution in [0.4, 0.5) is 11.5 Å². The molecule has 0 radical (unpaired) electrons. The Bertz CT molecular complexity index is 1810. The molecule has 39 heavy (non-hydrogen) atoms. The summed E-state index contributed by atoms with van der Waals surface area (Å²) in [7, 11) is 0. The number of aryl methyl sites for hydroxylation is 2. The average molecular weight is 531 g/mol. The van der Waals surface area contributed by atoms with Crippen LogP contribution in [0.3, 0.4) is 0 Å². The maximum atomic E-state index is 12.8. The van der Waals surface area contributed by atoms with Gasteiger partial charge in [0.15, 0.2) is 0 Å². The molecule has 3 N–H and O–H groups in total. The van der Waals surface area contributed by atoms with Crippen LogP contribution >= 0.6 is 11.8 Å². The van der Waals surface area contributed by atoms with Crippen LogP contribution in [0.25, 0.3) is 32.9 Å². The van der Waals surface area contributed by atoms with Crippen molar-refractivity contribution in [3.63, 3.8) is 0 Å². The van der Waals surface area contributed by atoms with Crippen molar-refractivity contribution in [2.24, 2.45) is 0 Å². The minimum Gasteiger partial charge on any atom is -0.383 e. The van der Waals surface area contributed by atoms with Gasteiger partial charge in [-0.25, -0.2) is 4.98 Å². The number of hydrogen-bond donors (Lipinski definition) is 2. The minimum atomic E-state index is -0.139. The smallest absolute Gasteiger partial charge is 0.225 e. The molecule has 0 aliphatic rings. The van der Waals surface area contributed by atoms with E-state index in [1.165, 1.54) is 17.3 Å². The van der Waals surface area contributed by atoms with Crippen LogP contribution in [0.1, 0.15) is 30.0 Å². The van der Waals surface area contributed by atoms with Crippen LogP contribution in [0.15, 0.2) is 71.8 Å². The second-order valence-electron chi connectivity index (χ2n) is 9.16. The lowest BCUT2D eigenvalue weighted by Gasteiger charge is -2.13. The fourth-order valence-corrected chi connectivity index (χ4v) is 5.78. The molecule has 0 fully saturated rings. The number of fused-ring (bicyclic) bond motifs is 3. The molecule has 5 aromatic rings. The molecule has 0 bridgehead atoms. The van der Waals surface area contributed by atoms with Crippen molar-refractivity contribution in [2.45, 2.75) is 31.8 Å². The zero-order valence-corrected chi connectivity index (χ0v) is 22.5. The van der Waals surface area contributed by atoms with Crippen LogP contribution in [-0.2, 0) is 11.3 Å². The number of nitrogens with one attached hydrogen (secondary N) is 1. The van der Waals surface area contributed by atoms with Crippen molar-refractivity contribution in [3.05, 3.63) is 83.4 Å². The maximum absolute atomic E-state index is 12.8. The van der Waals surface area contributed by atoms with Gasteiger partial charge in [-0.15, -0.1) is 11.8 Å². The Hall–Kier alpha value is -4.79. The third kappa shape index (κ3) is 4.90. The maximum Gasteiger partial charge on any atom is 0.225 e. The first-order valence-electron chi connectivity index (χ1n) is 12.6. The van der Waals surface area contributed by atoms with Gasteiger partial charge in [-0.1, -0.05) is 48.0 Å².